The Labute approximate surface area is 148 Å². The molecule has 0 spiro atoms. The van der Waals surface area contributed by atoms with E-state index in [-0.39, 0.29) is 17.9 Å². The summed E-state index contributed by atoms with van der Waals surface area (Å²) in [6.07, 6.45) is 1.94. The first-order chi connectivity index (χ1) is 12.0. The second kappa shape index (κ2) is 7.13. The van der Waals surface area contributed by atoms with E-state index in [1.165, 1.54) is 0 Å². The molecule has 0 unspecified atom stereocenters. The van der Waals surface area contributed by atoms with Gasteiger partial charge in [0.15, 0.2) is 0 Å². The minimum Gasteiger partial charge on any atom is -0.462 e. The van der Waals surface area contributed by atoms with Gasteiger partial charge >= 0.3 is 5.97 Å². The van der Waals surface area contributed by atoms with Gasteiger partial charge in [0.25, 0.3) is 5.91 Å². The van der Waals surface area contributed by atoms with Crippen LogP contribution in [-0.4, -0.2) is 34.9 Å². The van der Waals surface area contributed by atoms with Crippen LogP contribution in [-0.2, 0) is 4.74 Å². The standard InChI is InChI=1S/C20H24N2O3/c1-4-25-20(24)17-13(2)18(21-14(17)3)19(23)22-12-8-11-16(22)15-9-6-5-7-10-15/h5-7,9-10,16,21H,4,8,11-12H2,1-3H3/t16-/m0/s1. The molecular weight excluding hydrogens is 316 g/mol. The Kier molecular flexibility index (Phi) is 4.93. The van der Waals surface area contributed by atoms with Crippen molar-refractivity contribution in [2.75, 3.05) is 13.2 Å². The van der Waals surface area contributed by atoms with Gasteiger partial charge in [-0.1, -0.05) is 30.3 Å². The Hall–Kier alpha value is -2.56. The number of hydrogen-bond acceptors (Lipinski definition) is 3. The molecule has 1 aromatic heterocycles. The van der Waals surface area contributed by atoms with Crippen molar-refractivity contribution in [1.29, 1.82) is 0 Å². The molecule has 1 fully saturated rings. The van der Waals surface area contributed by atoms with Crippen LogP contribution in [0.25, 0.3) is 0 Å². The molecule has 2 aromatic rings. The van der Waals surface area contributed by atoms with Gasteiger partial charge in [-0.3, -0.25) is 4.79 Å². The third kappa shape index (κ3) is 3.18. The van der Waals surface area contributed by atoms with Crippen molar-refractivity contribution in [3.05, 3.63) is 58.4 Å². The number of rotatable bonds is 4. The summed E-state index contributed by atoms with van der Waals surface area (Å²) in [5, 5.41) is 0. The Morgan fingerprint density at radius 2 is 1.96 bits per heavy atom. The van der Waals surface area contributed by atoms with E-state index in [4.69, 9.17) is 4.74 Å². The normalized spacial score (nSPS) is 16.9. The molecule has 132 valence electrons. The van der Waals surface area contributed by atoms with Crippen LogP contribution in [0.15, 0.2) is 30.3 Å². The first kappa shape index (κ1) is 17.3. The largest absolute Gasteiger partial charge is 0.462 e. The van der Waals surface area contributed by atoms with Gasteiger partial charge in [0, 0.05) is 12.2 Å². The molecule has 3 rings (SSSR count). The number of hydrogen-bond donors (Lipinski definition) is 1. The SMILES string of the molecule is CCOC(=O)c1c(C)[nH]c(C(=O)N2CCC[C@H]2c2ccccc2)c1C. The summed E-state index contributed by atoms with van der Waals surface area (Å²) in [6.45, 7) is 6.42. The zero-order valence-electron chi connectivity index (χ0n) is 15.0. The van der Waals surface area contributed by atoms with Gasteiger partial charge < -0.3 is 14.6 Å². The number of nitrogens with zero attached hydrogens (tertiary/aromatic N) is 1. The molecule has 2 heterocycles. The lowest BCUT2D eigenvalue weighted by atomic mass is 10.0. The van der Waals surface area contributed by atoms with Gasteiger partial charge in [-0.05, 0) is 44.7 Å². The van der Waals surface area contributed by atoms with Gasteiger partial charge in [0.2, 0.25) is 0 Å². The Morgan fingerprint density at radius 1 is 1.24 bits per heavy atom. The first-order valence-electron chi connectivity index (χ1n) is 8.76. The van der Waals surface area contributed by atoms with E-state index < -0.39 is 0 Å². The van der Waals surface area contributed by atoms with E-state index in [0.717, 1.165) is 24.9 Å². The van der Waals surface area contributed by atoms with Crippen LogP contribution < -0.4 is 0 Å². The van der Waals surface area contributed by atoms with Crippen LogP contribution >= 0.6 is 0 Å². The maximum atomic E-state index is 13.1. The number of aromatic amines is 1. The highest BCUT2D eigenvalue weighted by Gasteiger charge is 2.33. The van der Waals surface area contributed by atoms with Crippen LogP contribution in [0, 0.1) is 13.8 Å². The topological polar surface area (TPSA) is 62.4 Å². The fourth-order valence-electron chi connectivity index (χ4n) is 3.65. The summed E-state index contributed by atoms with van der Waals surface area (Å²) in [5.74, 6) is -0.434. The van der Waals surface area contributed by atoms with Crippen LogP contribution in [0.5, 0.6) is 0 Å². The molecule has 0 bridgehead atoms. The van der Waals surface area contributed by atoms with Crippen molar-refractivity contribution in [3.63, 3.8) is 0 Å². The van der Waals surface area contributed by atoms with E-state index in [0.29, 0.717) is 29.1 Å². The molecule has 1 N–H and O–H groups in total. The van der Waals surface area contributed by atoms with Gasteiger partial charge in [-0.2, -0.15) is 0 Å². The third-order valence-electron chi connectivity index (χ3n) is 4.83. The molecular formula is C20H24N2O3. The highest BCUT2D eigenvalue weighted by molar-refractivity contribution is 6.00. The number of H-pyrrole nitrogens is 1. The quantitative estimate of drug-likeness (QED) is 0.862. The number of carbonyl (C=O) groups excluding carboxylic acids is 2. The molecule has 1 aliphatic heterocycles. The molecule has 5 heteroatoms. The van der Waals surface area contributed by atoms with Crippen molar-refractivity contribution in [2.45, 2.75) is 39.7 Å². The number of likely N-dealkylation sites (tertiary alicyclic amines) is 1. The van der Waals surface area contributed by atoms with Crippen molar-refractivity contribution in [2.24, 2.45) is 0 Å². The molecule has 1 saturated heterocycles. The van der Waals surface area contributed by atoms with Gasteiger partial charge in [-0.25, -0.2) is 4.79 Å². The third-order valence-corrected chi connectivity index (χ3v) is 4.83. The molecule has 1 aliphatic rings. The number of ether oxygens (including phenoxy) is 1. The molecule has 1 aromatic carbocycles. The van der Waals surface area contributed by atoms with E-state index in [1.54, 1.807) is 20.8 Å². The predicted molar refractivity (Wildman–Crippen MR) is 95.7 cm³/mol. The van der Waals surface area contributed by atoms with E-state index in [2.05, 4.69) is 17.1 Å². The average molecular weight is 340 g/mol. The molecule has 0 aliphatic carbocycles. The van der Waals surface area contributed by atoms with Crippen molar-refractivity contribution >= 4 is 11.9 Å². The van der Waals surface area contributed by atoms with Crippen molar-refractivity contribution in [1.82, 2.24) is 9.88 Å². The van der Waals surface area contributed by atoms with E-state index in [9.17, 15) is 9.59 Å². The number of carbonyl (C=O) groups is 2. The second-order valence-electron chi connectivity index (χ2n) is 6.41. The number of nitrogens with one attached hydrogen (secondary N) is 1. The minimum atomic E-state index is -0.381. The number of esters is 1. The van der Waals surface area contributed by atoms with Crippen LogP contribution in [0.4, 0.5) is 0 Å². The zero-order chi connectivity index (χ0) is 18.0. The van der Waals surface area contributed by atoms with Crippen LogP contribution in [0.1, 0.15) is 63.5 Å². The molecule has 25 heavy (non-hydrogen) atoms. The fraction of sp³-hybridized carbons (Fsp3) is 0.400. The number of aromatic nitrogens is 1. The van der Waals surface area contributed by atoms with Gasteiger partial charge in [0.05, 0.1) is 18.2 Å². The Morgan fingerprint density at radius 3 is 2.64 bits per heavy atom. The lowest BCUT2D eigenvalue weighted by molar-refractivity contribution is 0.0525. The molecule has 5 nitrogen and oxygen atoms in total. The predicted octanol–water partition coefficient (Wildman–Crippen LogP) is 3.79. The first-order valence-corrected chi connectivity index (χ1v) is 8.76. The number of benzene rings is 1. The molecule has 0 radical (unpaired) electrons. The van der Waals surface area contributed by atoms with Crippen LogP contribution in [0.3, 0.4) is 0 Å². The smallest absolute Gasteiger partial charge is 0.340 e. The lowest BCUT2D eigenvalue weighted by Crippen LogP contribution is -2.31. The summed E-state index contributed by atoms with van der Waals surface area (Å²) in [5.41, 5.74) is 3.46. The second-order valence-corrected chi connectivity index (χ2v) is 6.41. The molecule has 1 amide bonds. The van der Waals surface area contributed by atoms with E-state index >= 15 is 0 Å². The zero-order valence-corrected chi connectivity index (χ0v) is 15.0. The minimum absolute atomic E-state index is 0.0532. The number of aryl methyl sites for hydroxylation is 1. The lowest BCUT2D eigenvalue weighted by Gasteiger charge is -2.25. The average Bonchev–Trinajstić information content (AvgIpc) is 3.20. The maximum Gasteiger partial charge on any atom is 0.340 e. The monoisotopic (exact) mass is 340 g/mol. The Balaban J connectivity index is 1.91. The van der Waals surface area contributed by atoms with Gasteiger partial charge in [-0.15, -0.1) is 0 Å². The summed E-state index contributed by atoms with van der Waals surface area (Å²) in [6, 6.07) is 10.2. The van der Waals surface area contributed by atoms with Crippen LogP contribution in [0.2, 0.25) is 0 Å². The Bertz CT molecular complexity index is 780. The van der Waals surface area contributed by atoms with Crippen molar-refractivity contribution < 1.29 is 14.3 Å². The molecule has 0 saturated carbocycles. The maximum absolute atomic E-state index is 13.1. The highest BCUT2D eigenvalue weighted by Crippen LogP contribution is 2.33. The highest BCUT2D eigenvalue weighted by atomic mass is 16.5. The summed E-state index contributed by atoms with van der Waals surface area (Å²) < 4.78 is 5.11. The van der Waals surface area contributed by atoms with Crippen molar-refractivity contribution in [3.8, 4) is 0 Å². The number of amides is 1. The summed E-state index contributed by atoms with van der Waals surface area (Å²) in [7, 11) is 0. The summed E-state index contributed by atoms with van der Waals surface area (Å²) in [4.78, 5) is 30.3. The van der Waals surface area contributed by atoms with Gasteiger partial charge in [0.1, 0.15) is 5.69 Å². The summed E-state index contributed by atoms with van der Waals surface area (Å²) >= 11 is 0. The van der Waals surface area contributed by atoms with E-state index in [1.807, 2.05) is 23.1 Å². The molecule has 1 atom stereocenters. The fourth-order valence-corrected chi connectivity index (χ4v) is 3.65.